The third-order valence-electron chi connectivity index (χ3n) is 2.89. The molecular weight excluding hydrogens is 234 g/mol. The van der Waals surface area contributed by atoms with Gasteiger partial charge in [-0.25, -0.2) is 0 Å². The zero-order chi connectivity index (χ0) is 11.9. The molecule has 1 amide bonds. The van der Waals surface area contributed by atoms with Gasteiger partial charge in [-0.2, -0.15) is 0 Å². The van der Waals surface area contributed by atoms with Gasteiger partial charge in [-0.05, 0) is 37.6 Å². The largest absolute Gasteiger partial charge is 0.367 e. The molecule has 1 saturated heterocycles. The maximum absolute atomic E-state index is 11.6. The van der Waals surface area contributed by atoms with Crippen LogP contribution in [0.3, 0.4) is 0 Å². The molecule has 5 heteroatoms. The molecule has 1 fully saturated rings. The number of aromatic amines is 1. The Morgan fingerprint density at radius 2 is 2.29 bits per heavy atom. The van der Waals surface area contributed by atoms with Crippen molar-refractivity contribution in [1.82, 2.24) is 15.6 Å². The molecule has 1 aliphatic rings. The van der Waals surface area contributed by atoms with E-state index in [-0.39, 0.29) is 5.91 Å². The lowest BCUT2D eigenvalue weighted by Crippen LogP contribution is -2.31. The molecule has 3 N–H and O–H groups in total. The van der Waals surface area contributed by atoms with Crippen molar-refractivity contribution in [2.75, 3.05) is 18.8 Å². The van der Waals surface area contributed by atoms with E-state index in [0.717, 1.165) is 18.7 Å². The van der Waals surface area contributed by atoms with Crippen LogP contribution in [0.2, 0.25) is 0 Å². The first kappa shape index (κ1) is 12.5. The summed E-state index contributed by atoms with van der Waals surface area (Å²) in [5.74, 6) is 0.712. The van der Waals surface area contributed by atoms with Gasteiger partial charge in [0.2, 0.25) is 5.91 Å². The van der Waals surface area contributed by atoms with Gasteiger partial charge in [0, 0.05) is 24.2 Å². The van der Waals surface area contributed by atoms with Crippen LogP contribution in [0.25, 0.3) is 0 Å². The van der Waals surface area contributed by atoms with Gasteiger partial charge in [0.05, 0.1) is 5.75 Å². The Morgan fingerprint density at radius 1 is 1.47 bits per heavy atom. The minimum atomic E-state index is 0.134. The minimum absolute atomic E-state index is 0.134. The Morgan fingerprint density at radius 3 is 3.00 bits per heavy atom. The molecule has 17 heavy (non-hydrogen) atoms. The fraction of sp³-hybridized carbons (Fsp3) is 0.583. The number of piperidine rings is 1. The van der Waals surface area contributed by atoms with Gasteiger partial charge < -0.3 is 15.6 Å². The molecule has 0 bridgehead atoms. The van der Waals surface area contributed by atoms with Crippen LogP contribution in [-0.2, 0) is 11.3 Å². The SMILES string of the molecule is O=C(CSC1CCNCC1)NCc1cc[nH]c1. The van der Waals surface area contributed by atoms with Crippen LogP contribution in [-0.4, -0.2) is 35.0 Å². The first-order chi connectivity index (χ1) is 8.34. The molecule has 1 aromatic heterocycles. The van der Waals surface area contributed by atoms with E-state index in [1.165, 1.54) is 12.8 Å². The van der Waals surface area contributed by atoms with Gasteiger partial charge in [-0.1, -0.05) is 0 Å². The minimum Gasteiger partial charge on any atom is -0.367 e. The van der Waals surface area contributed by atoms with Crippen molar-refractivity contribution in [3.8, 4) is 0 Å². The fourth-order valence-electron chi connectivity index (χ4n) is 1.88. The molecule has 0 spiro atoms. The Kier molecular flexibility index (Phi) is 4.94. The number of aromatic nitrogens is 1. The van der Waals surface area contributed by atoms with Crippen LogP contribution in [0.1, 0.15) is 18.4 Å². The van der Waals surface area contributed by atoms with Crippen molar-refractivity contribution in [3.05, 3.63) is 24.0 Å². The van der Waals surface area contributed by atoms with Crippen molar-refractivity contribution in [2.24, 2.45) is 0 Å². The first-order valence-corrected chi connectivity index (χ1v) is 7.10. The maximum Gasteiger partial charge on any atom is 0.230 e. The van der Waals surface area contributed by atoms with E-state index >= 15 is 0 Å². The molecule has 0 atom stereocenters. The van der Waals surface area contributed by atoms with Crippen molar-refractivity contribution < 1.29 is 4.79 Å². The average molecular weight is 253 g/mol. The number of carbonyl (C=O) groups excluding carboxylic acids is 1. The van der Waals surface area contributed by atoms with Crippen molar-refractivity contribution in [2.45, 2.75) is 24.6 Å². The molecule has 94 valence electrons. The van der Waals surface area contributed by atoms with E-state index in [1.54, 1.807) is 11.8 Å². The Balaban J connectivity index is 1.60. The number of hydrogen-bond acceptors (Lipinski definition) is 3. The van der Waals surface area contributed by atoms with E-state index < -0.39 is 0 Å². The highest BCUT2D eigenvalue weighted by Gasteiger charge is 2.14. The summed E-state index contributed by atoms with van der Waals surface area (Å²) in [6, 6.07) is 1.97. The number of nitrogens with one attached hydrogen (secondary N) is 3. The predicted octanol–water partition coefficient (Wildman–Crippen LogP) is 1.12. The molecule has 0 unspecified atom stereocenters. The summed E-state index contributed by atoms with van der Waals surface area (Å²) in [4.78, 5) is 14.6. The second-order valence-electron chi connectivity index (χ2n) is 4.26. The van der Waals surface area contributed by atoms with E-state index in [2.05, 4.69) is 15.6 Å². The Hall–Kier alpha value is -0.940. The van der Waals surface area contributed by atoms with E-state index in [1.807, 2.05) is 18.5 Å². The van der Waals surface area contributed by atoms with Crippen LogP contribution in [0.4, 0.5) is 0 Å². The zero-order valence-electron chi connectivity index (χ0n) is 9.87. The summed E-state index contributed by atoms with van der Waals surface area (Å²) < 4.78 is 0. The Bertz CT molecular complexity index is 334. The highest BCUT2D eigenvalue weighted by Crippen LogP contribution is 2.19. The van der Waals surface area contributed by atoms with Gasteiger partial charge in [0.15, 0.2) is 0 Å². The number of rotatable bonds is 5. The Labute approximate surface area is 106 Å². The third kappa shape index (κ3) is 4.44. The van der Waals surface area contributed by atoms with E-state index in [9.17, 15) is 4.79 Å². The van der Waals surface area contributed by atoms with Gasteiger partial charge in [-0.3, -0.25) is 4.79 Å². The zero-order valence-corrected chi connectivity index (χ0v) is 10.7. The second-order valence-corrected chi connectivity index (χ2v) is 5.55. The quantitative estimate of drug-likeness (QED) is 0.737. The van der Waals surface area contributed by atoms with Gasteiger partial charge in [-0.15, -0.1) is 11.8 Å². The molecule has 2 heterocycles. The molecule has 4 nitrogen and oxygen atoms in total. The van der Waals surface area contributed by atoms with Crippen molar-refractivity contribution in [1.29, 1.82) is 0 Å². The number of thioether (sulfide) groups is 1. The van der Waals surface area contributed by atoms with E-state index in [0.29, 0.717) is 17.5 Å². The molecule has 0 radical (unpaired) electrons. The van der Waals surface area contributed by atoms with Gasteiger partial charge in [0.25, 0.3) is 0 Å². The average Bonchev–Trinajstić information content (AvgIpc) is 2.88. The topological polar surface area (TPSA) is 56.9 Å². The van der Waals surface area contributed by atoms with Crippen LogP contribution >= 0.6 is 11.8 Å². The monoisotopic (exact) mass is 253 g/mol. The summed E-state index contributed by atoms with van der Waals surface area (Å²) >= 11 is 1.78. The van der Waals surface area contributed by atoms with Crippen LogP contribution in [0, 0.1) is 0 Å². The molecule has 1 aromatic rings. The summed E-state index contributed by atoms with van der Waals surface area (Å²) in [6.45, 7) is 2.79. The lowest BCUT2D eigenvalue weighted by molar-refractivity contribution is -0.118. The molecular formula is C12H19N3OS. The van der Waals surface area contributed by atoms with Crippen molar-refractivity contribution >= 4 is 17.7 Å². The highest BCUT2D eigenvalue weighted by atomic mass is 32.2. The fourth-order valence-corrected chi connectivity index (χ4v) is 2.93. The molecule has 0 aliphatic carbocycles. The molecule has 0 saturated carbocycles. The van der Waals surface area contributed by atoms with Crippen LogP contribution in [0.5, 0.6) is 0 Å². The normalized spacial score (nSPS) is 16.9. The smallest absolute Gasteiger partial charge is 0.230 e. The van der Waals surface area contributed by atoms with Crippen LogP contribution < -0.4 is 10.6 Å². The molecule has 0 aromatic carbocycles. The van der Waals surface area contributed by atoms with Gasteiger partial charge in [0.1, 0.15) is 0 Å². The molecule has 2 rings (SSSR count). The highest BCUT2D eigenvalue weighted by molar-refractivity contribution is 8.00. The summed E-state index contributed by atoms with van der Waals surface area (Å²) in [6.07, 6.45) is 6.12. The first-order valence-electron chi connectivity index (χ1n) is 6.05. The van der Waals surface area contributed by atoms with E-state index in [4.69, 9.17) is 0 Å². The van der Waals surface area contributed by atoms with Gasteiger partial charge >= 0.3 is 0 Å². The second kappa shape index (κ2) is 6.71. The summed E-state index contributed by atoms with van der Waals surface area (Å²) in [5, 5.41) is 6.91. The maximum atomic E-state index is 11.6. The lowest BCUT2D eigenvalue weighted by atomic mass is 10.2. The number of amides is 1. The molecule has 1 aliphatic heterocycles. The summed E-state index contributed by atoms with van der Waals surface area (Å²) in [5.41, 5.74) is 1.12. The standard InChI is InChI=1S/C12H19N3OS/c16-12(15-8-10-1-4-14-7-10)9-17-11-2-5-13-6-3-11/h1,4,7,11,13-14H,2-3,5-6,8-9H2,(H,15,16). The summed E-state index contributed by atoms with van der Waals surface area (Å²) in [7, 11) is 0. The number of H-pyrrole nitrogens is 1. The number of hydrogen-bond donors (Lipinski definition) is 3. The lowest BCUT2D eigenvalue weighted by Gasteiger charge is -2.21. The van der Waals surface area contributed by atoms with Crippen LogP contribution in [0.15, 0.2) is 18.5 Å². The number of carbonyl (C=O) groups is 1. The third-order valence-corrected chi connectivity index (χ3v) is 4.26. The van der Waals surface area contributed by atoms with Crippen molar-refractivity contribution in [3.63, 3.8) is 0 Å². The predicted molar refractivity (Wildman–Crippen MR) is 71.0 cm³/mol.